The van der Waals surface area contributed by atoms with Crippen LogP contribution in [0.4, 0.5) is 0 Å². The Morgan fingerprint density at radius 3 is 2.43 bits per heavy atom. The van der Waals surface area contributed by atoms with E-state index in [0.29, 0.717) is 5.56 Å². The van der Waals surface area contributed by atoms with Crippen LogP contribution in [0.1, 0.15) is 29.4 Å². The lowest BCUT2D eigenvalue weighted by Gasteiger charge is -2.16. The maximum Gasteiger partial charge on any atom is 0.330 e. The molecule has 0 bridgehead atoms. The first kappa shape index (κ1) is 21.4. The van der Waals surface area contributed by atoms with Crippen LogP contribution in [0.2, 0.25) is 0 Å². The molecule has 1 fully saturated rings. The van der Waals surface area contributed by atoms with Gasteiger partial charge in [0.15, 0.2) is 12.0 Å². The molecule has 1 aromatic heterocycles. The molecule has 5 N–H and O–H groups in total. The summed E-state index contributed by atoms with van der Waals surface area (Å²) in [4.78, 5) is 49.1. The summed E-state index contributed by atoms with van der Waals surface area (Å²) in [6.45, 7) is -0.154. The lowest BCUT2D eigenvalue weighted by atomic mass is 10.1. The number of H-pyrrole nitrogens is 1. The van der Waals surface area contributed by atoms with E-state index in [1.54, 1.807) is 0 Å². The van der Waals surface area contributed by atoms with Crippen LogP contribution in [0.5, 0.6) is 5.75 Å². The van der Waals surface area contributed by atoms with Gasteiger partial charge in [0.05, 0.1) is 0 Å². The van der Waals surface area contributed by atoms with Crippen LogP contribution in [0.3, 0.4) is 0 Å². The molecule has 0 aliphatic carbocycles. The number of hydrogen-bond acceptors (Lipinski definition) is 8. The zero-order chi connectivity index (χ0) is 21.8. The second-order valence-electron chi connectivity index (χ2n) is 6.84. The number of hydrogen-bond donors (Lipinski definition) is 5. The number of rotatable bonds is 7. The van der Waals surface area contributed by atoms with E-state index in [4.69, 9.17) is 4.74 Å². The number of ketones is 1. The number of nitrogens with zero attached hydrogens (tertiary/aromatic N) is 1. The average molecular weight is 419 g/mol. The Hall–Kier alpha value is -3.28. The van der Waals surface area contributed by atoms with Gasteiger partial charge in [-0.1, -0.05) is 0 Å². The molecule has 1 aromatic carbocycles. The SMILES string of the molecule is O=C(CCC(=O)c1ccc(O)cc1)NC[C@H]1O[C@@H](n2ccc(=O)[nH]c2=O)[C@H](O)[C@@H]1O. The van der Waals surface area contributed by atoms with Crippen LogP contribution >= 0.6 is 0 Å². The molecular weight excluding hydrogens is 398 g/mol. The fourth-order valence-electron chi connectivity index (χ4n) is 3.08. The largest absolute Gasteiger partial charge is 0.508 e. The normalized spacial score (nSPS) is 23.3. The number of Topliss-reactive ketones (excluding diaryl/α,β-unsaturated/α-hetero) is 1. The summed E-state index contributed by atoms with van der Waals surface area (Å²) >= 11 is 0. The molecule has 4 atom stereocenters. The van der Waals surface area contributed by atoms with E-state index in [1.807, 2.05) is 4.98 Å². The molecule has 11 heteroatoms. The minimum absolute atomic E-state index is 0.0315. The Labute approximate surface area is 169 Å². The van der Waals surface area contributed by atoms with Gasteiger partial charge in [-0.2, -0.15) is 0 Å². The molecule has 0 unspecified atom stereocenters. The number of aliphatic hydroxyl groups is 2. The highest BCUT2D eigenvalue weighted by molar-refractivity contribution is 5.98. The predicted octanol–water partition coefficient (Wildman–Crippen LogP) is -1.36. The fourth-order valence-corrected chi connectivity index (χ4v) is 3.08. The van der Waals surface area contributed by atoms with E-state index in [0.717, 1.165) is 16.8 Å². The van der Waals surface area contributed by atoms with Crippen molar-refractivity contribution < 1.29 is 29.6 Å². The molecule has 2 aromatic rings. The van der Waals surface area contributed by atoms with E-state index < -0.39 is 41.7 Å². The zero-order valence-corrected chi connectivity index (χ0v) is 15.7. The highest BCUT2D eigenvalue weighted by Crippen LogP contribution is 2.27. The number of benzene rings is 1. The van der Waals surface area contributed by atoms with Gasteiger partial charge >= 0.3 is 5.69 Å². The van der Waals surface area contributed by atoms with Crippen molar-refractivity contribution in [2.75, 3.05) is 6.54 Å². The summed E-state index contributed by atoms with van der Waals surface area (Å²) in [5.74, 6) is -0.698. The van der Waals surface area contributed by atoms with Crippen LogP contribution in [0.25, 0.3) is 0 Å². The molecule has 160 valence electrons. The Kier molecular flexibility index (Phi) is 6.45. The number of amides is 1. The first-order chi connectivity index (χ1) is 14.3. The number of nitrogens with one attached hydrogen (secondary N) is 2. The number of phenolic OH excluding ortho intramolecular Hbond substituents is 1. The first-order valence-corrected chi connectivity index (χ1v) is 9.18. The smallest absolute Gasteiger partial charge is 0.330 e. The number of carbonyl (C=O) groups is 2. The predicted molar refractivity (Wildman–Crippen MR) is 102 cm³/mol. The lowest BCUT2D eigenvalue weighted by Crippen LogP contribution is -2.40. The van der Waals surface area contributed by atoms with Crippen LogP contribution < -0.4 is 16.6 Å². The quantitative estimate of drug-likeness (QED) is 0.343. The molecule has 3 rings (SSSR count). The second-order valence-corrected chi connectivity index (χ2v) is 6.84. The summed E-state index contributed by atoms with van der Waals surface area (Å²) in [7, 11) is 0. The van der Waals surface area contributed by atoms with Crippen molar-refractivity contribution in [2.45, 2.75) is 37.4 Å². The molecule has 2 heterocycles. The van der Waals surface area contributed by atoms with E-state index in [9.17, 15) is 34.5 Å². The molecule has 0 radical (unpaired) electrons. The van der Waals surface area contributed by atoms with Crippen LogP contribution in [-0.4, -0.2) is 61.4 Å². The minimum atomic E-state index is -1.45. The average Bonchev–Trinajstić information content (AvgIpc) is 2.99. The maximum absolute atomic E-state index is 12.1. The third-order valence-corrected chi connectivity index (χ3v) is 4.73. The Morgan fingerprint density at radius 2 is 1.77 bits per heavy atom. The van der Waals surface area contributed by atoms with Gasteiger partial charge in [0.25, 0.3) is 5.56 Å². The van der Waals surface area contributed by atoms with E-state index in [1.165, 1.54) is 24.3 Å². The van der Waals surface area contributed by atoms with Crippen LogP contribution in [-0.2, 0) is 9.53 Å². The monoisotopic (exact) mass is 419 g/mol. The van der Waals surface area contributed by atoms with Gasteiger partial charge in [-0.25, -0.2) is 4.79 Å². The van der Waals surface area contributed by atoms with E-state index >= 15 is 0 Å². The molecule has 1 saturated heterocycles. The first-order valence-electron chi connectivity index (χ1n) is 9.18. The number of phenols is 1. The maximum atomic E-state index is 12.1. The molecule has 1 aliphatic heterocycles. The Morgan fingerprint density at radius 1 is 1.07 bits per heavy atom. The number of ether oxygens (including phenoxy) is 1. The minimum Gasteiger partial charge on any atom is -0.508 e. The van der Waals surface area contributed by atoms with Crippen LogP contribution in [0, 0.1) is 0 Å². The summed E-state index contributed by atoms with van der Waals surface area (Å²) in [6.07, 6.45) is -4.09. The summed E-state index contributed by atoms with van der Waals surface area (Å²) in [6, 6.07) is 6.74. The highest BCUT2D eigenvalue weighted by atomic mass is 16.6. The molecule has 1 amide bonds. The van der Waals surface area contributed by atoms with Gasteiger partial charge in [-0.05, 0) is 24.3 Å². The fraction of sp³-hybridized carbons (Fsp3) is 0.368. The number of aromatic amines is 1. The molecule has 11 nitrogen and oxygen atoms in total. The zero-order valence-electron chi connectivity index (χ0n) is 15.7. The summed E-state index contributed by atoms with van der Waals surface area (Å²) in [5, 5.41) is 32.1. The second kappa shape index (κ2) is 9.03. The molecule has 30 heavy (non-hydrogen) atoms. The number of carbonyl (C=O) groups excluding carboxylic acids is 2. The van der Waals surface area contributed by atoms with E-state index in [-0.39, 0.29) is 30.9 Å². The number of aromatic nitrogens is 2. The van der Waals surface area contributed by atoms with E-state index in [2.05, 4.69) is 5.32 Å². The van der Waals surface area contributed by atoms with Crippen molar-refractivity contribution >= 4 is 11.7 Å². The summed E-state index contributed by atoms with van der Waals surface area (Å²) < 4.78 is 6.42. The Balaban J connectivity index is 1.52. The molecular formula is C19H21N3O8. The molecule has 1 aliphatic rings. The van der Waals surface area contributed by atoms with Crippen molar-refractivity contribution in [1.29, 1.82) is 0 Å². The molecule has 0 saturated carbocycles. The van der Waals surface area contributed by atoms with Crippen molar-refractivity contribution in [3.63, 3.8) is 0 Å². The van der Waals surface area contributed by atoms with Gasteiger partial charge in [0.2, 0.25) is 5.91 Å². The third-order valence-electron chi connectivity index (χ3n) is 4.73. The third kappa shape index (κ3) is 4.82. The van der Waals surface area contributed by atoms with Crippen LogP contribution in [0.15, 0.2) is 46.1 Å². The van der Waals surface area contributed by atoms with Gasteiger partial charge in [0.1, 0.15) is 24.1 Å². The topological polar surface area (TPSA) is 171 Å². The standard InChI is InChI=1S/C19H21N3O8/c23-11-3-1-10(2-4-11)12(24)5-6-14(25)20-9-13-16(27)17(28)18(30-13)22-8-7-15(26)21-19(22)29/h1-4,7-8,13,16-18,23,27-28H,5-6,9H2,(H,20,25)(H,21,26,29)/t13-,16-,17-,18-/m1/s1. The lowest BCUT2D eigenvalue weighted by molar-refractivity contribution is -0.122. The van der Waals surface area contributed by atoms with Gasteiger partial charge in [0, 0.05) is 37.2 Å². The van der Waals surface area contributed by atoms with Crippen molar-refractivity contribution in [3.05, 3.63) is 62.9 Å². The Bertz CT molecular complexity index is 1030. The molecule has 0 spiro atoms. The summed E-state index contributed by atoms with van der Waals surface area (Å²) in [5.41, 5.74) is -1.06. The van der Waals surface area contributed by atoms with Gasteiger partial charge in [-0.3, -0.25) is 23.9 Å². The van der Waals surface area contributed by atoms with Crippen molar-refractivity contribution in [2.24, 2.45) is 0 Å². The van der Waals surface area contributed by atoms with Crippen molar-refractivity contribution in [1.82, 2.24) is 14.9 Å². The highest BCUT2D eigenvalue weighted by Gasteiger charge is 2.44. The van der Waals surface area contributed by atoms with Crippen molar-refractivity contribution in [3.8, 4) is 5.75 Å². The number of aliphatic hydroxyl groups excluding tert-OH is 2. The van der Waals surface area contributed by atoms with Gasteiger partial charge in [-0.15, -0.1) is 0 Å². The van der Waals surface area contributed by atoms with Gasteiger partial charge < -0.3 is 25.4 Å². The number of aromatic hydroxyl groups is 1.